The molecule has 1 atom stereocenters. The molecule has 20 heavy (non-hydrogen) atoms. The molecule has 0 spiro atoms. The molecule has 0 aromatic heterocycles. The fraction of sp³-hybridized carbons (Fsp3) is 0.143. The molecular weight excluding hydrogens is 324 g/mol. The highest BCUT2D eigenvalue weighted by Gasteiger charge is 2.19. The Hall–Kier alpha value is -1.00. The van der Waals surface area contributed by atoms with Crippen molar-refractivity contribution in [1.29, 1.82) is 0 Å². The van der Waals surface area contributed by atoms with Crippen molar-refractivity contribution >= 4 is 34.8 Å². The third-order valence-corrected chi connectivity index (χ3v) is 3.94. The summed E-state index contributed by atoms with van der Waals surface area (Å²) in [5, 5.41) is 0.719. The van der Waals surface area contributed by atoms with Crippen LogP contribution >= 0.6 is 34.8 Å². The minimum atomic E-state index is -0.686. The van der Waals surface area contributed by atoms with Crippen LogP contribution in [0.5, 0.6) is 5.75 Å². The molecule has 0 heterocycles. The molecule has 0 fully saturated rings. The van der Waals surface area contributed by atoms with Gasteiger partial charge in [-0.1, -0.05) is 46.9 Å². The van der Waals surface area contributed by atoms with E-state index in [2.05, 4.69) is 0 Å². The van der Waals surface area contributed by atoms with E-state index >= 15 is 0 Å². The van der Waals surface area contributed by atoms with Gasteiger partial charge in [-0.2, -0.15) is 0 Å². The summed E-state index contributed by atoms with van der Waals surface area (Å²) in [4.78, 5) is 0. The van der Waals surface area contributed by atoms with Crippen LogP contribution in [-0.2, 0) is 0 Å². The summed E-state index contributed by atoms with van der Waals surface area (Å²) in [7, 11) is 1.49. The monoisotopic (exact) mass is 333 g/mol. The Balaban J connectivity index is 2.51. The van der Waals surface area contributed by atoms with Crippen LogP contribution in [0.25, 0.3) is 0 Å². The Kier molecular flexibility index (Phi) is 4.76. The average Bonchev–Trinajstić information content (AvgIpc) is 2.43. The molecule has 0 saturated heterocycles. The zero-order valence-corrected chi connectivity index (χ0v) is 12.7. The molecule has 2 aromatic rings. The highest BCUT2D eigenvalue weighted by molar-refractivity contribution is 6.35. The van der Waals surface area contributed by atoms with Crippen molar-refractivity contribution < 1.29 is 9.13 Å². The van der Waals surface area contributed by atoms with E-state index in [4.69, 9.17) is 45.3 Å². The molecule has 0 aliphatic carbocycles. The van der Waals surface area contributed by atoms with Gasteiger partial charge in [-0.3, -0.25) is 0 Å². The van der Waals surface area contributed by atoms with Crippen LogP contribution in [0.15, 0.2) is 30.3 Å². The second kappa shape index (κ2) is 6.19. The van der Waals surface area contributed by atoms with Gasteiger partial charge >= 0.3 is 0 Å². The first-order valence-corrected chi connectivity index (χ1v) is 6.81. The molecule has 6 heteroatoms. The van der Waals surface area contributed by atoms with E-state index < -0.39 is 11.9 Å². The highest BCUT2D eigenvalue weighted by Crippen LogP contribution is 2.37. The van der Waals surface area contributed by atoms with Crippen LogP contribution in [0.2, 0.25) is 15.1 Å². The minimum Gasteiger partial charge on any atom is -0.495 e. The van der Waals surface area contributed by atoms with Gasteiger partial charge in [0, 0.05) is 11.1 Å². The summed E-state index contributed by atoms with van der Waals surface area (Å²) in [5.74, 6) is -0.0895. The zero-order chi connectivity index (χ0) is 14.9. The smallest absolute Gasteiger partial charge is 0.142 e. The first-order chi connectivity index (χ1) is 9.45. The van der Waals surface area contributed by atoms with E-state index in [1.54, 1.807) is 18.2 Å². The third-order valence-electron chi connectivity index (χ3n) is 2.92. The van der Waals surface area contributed by atoms with Gasteiger partial charge in [-0.15, -0.1) is 0 Å². The number of hydrogen-bond acceptors (Lipinski definition) is 2. The number of methoxy groups -OCH3 is 1. The predicted molar refractivity (Wildman–Crippen MR) is 80.5 cm³/mol. The second-order valence-corrected chi connectivity index (χ2v) is 5.32. The molecule has 2 rings (SSSR count). The van der Waals surface area contributed by atoms with Crippen LogP contribution < -0.4 is 10.5 Å². The lowest BCUT2D eigenvalue weighted by molar-refractivity contribution is 0.415. The largest absolute Gasteiger partial charge is 0.495 e. The summed E-state index contributed by atoms with van der Waals surface area (Å²) in [6, 6.07) is 6.91. The maximum Gasteiger partial charge on any atom is 0.142 e. The molecule has 2 nitrogen and oxygen atoms in total. The first kappa shape index (κ1) is 15.4. The first-order valence-electron chi connectivity index (χ1n) is 5.68. The molecule has 0 bridgehead atoms. The van der Waals surface area contributed by atoms with Crippen molar-refractivity contribution in [2.24, 2.45) is 5.73 Å². The van der Waals surface area contributed by atoms with Crippen molar-refractivity contribution in [2.75, 3.05) is 7.11 Å². The number of halogens is 4. The molecule has 0 saturated carbocycles. The molecule has 106 valence electrons. The summed E-state index contributed by atoms with van der Waals surface area (Å²) >= 11 is 18.2. The minimum absolute atomic E-state index is 0.0250. The van der Waals surface area contributed by atoms with Crippen molar-refractivity contribution in [3.05, 3.63) is 62.3 Å². The van der Waals surface area contributed by atoms with Gasteiger partial charge in [-0.05, 0) is 23.3 Å². The van der Waals surface area contributed by atoms with Gasteiger partial charge in [0.15, 0.2) is 0 Å². The fourth-order valence-electron chi connectivity index (χ4n) is 1.87. The highest BCUT2D eigenvalue weighted by atomic mass is 35.5. The summed E-state index contributed by atoms with van der Waals surface area (Å²) in [6.45, 7) is 0. The van der Waals surface area contributed by atoms with Crippen molar-refractivity contribution in [3.8, 4) is 5.75 Å². The van der Waals surface area contributed by atoms with Gasteiger partial charge in [-0.25, -0.2) is 4.39 Å². The molecule has 2 N–H and O–H groups in total. The Morgan fingerprint density at radius 3 is 2.45 bits per heavy atom. The molecule has 2 aromatic carbocycles. The van der Waals surface area contributed by atoms with Crippen molar-refractivity contribution in [2.45, 2.75) is 6.04 Å². The van der Waals surface area contributed by atoms with Crippen molar-refractivity contribution in [1.82, 2.24) is 0 Å². The van der Waals surface area contributed by atoms with Gasteiger partial charge < -0.3 is 10.5 Å². The van der Waals surface area contributed by atoms with Gasteiger partial charge in [0.05, 0.1) is 23.2 Å². The molecular formula is C14H11Cl3FNO. The van der Waals surface area contributed by atoms with Crippen LogP contribution in [0.3, 0.4) is 0 Å². The Morgan fingerprint density at radius 1 is 1.10 bits per heavy atom. The van der Waals surface area contributed by atoms with Gasteiger partial charge in [0.1, 0.15) is 11.6 Å². The van der Waals surface area contributed by atoms with Crippen molar-refractivity contribution in [3.63, 3.8) is 0 Å². The maximum absolute atomic E-state index is 13.5. The Labute approximate surface area is 131 Å². The number of rotatable bonds is 3. The average molecular weight is 335 g/mol. The molecule has 1 unspecified atom stereocenters. The maximum atomic E-state index is 13.5. The van der Waals surface area contributed by atoms with Gasteiger partial charge in [0.2, 0.25) is 0 Å². The second-order valence-electron chi connectivity index (χ2n) is 4.13. The SMILES string of the molecule is COc1cc(Cl)c(C(N)c2cccc(F)c2Cl)cc1Cl. The van der Waals surface area contributed by atoms with Crippen LogP contribution in [-0.4, -0.2) is 7.11 Å². The van der Waals surface area contributed by atoms with E-state index in [1.807, 2.05) is 0 Å². The molecule has 0 radical (unpaired) electrons. The zero-order valence-electron chi connectivity index (χ0n) is 10.5. The van der Waals surface area contributed by atoms with Crippen LogP contribution in [0.4, 0.5) is 4.39 Å². The molecule has 0 aliphatic rings. The number of nitrogens with two attached hydrogens (primary N) is 1. The lowest BCUT2D eigenvalue weighted by Gasteiger charge is -2.17. The Morgan fingerprint density at radius 2 is 1.80 bits per heavy atom. The van der Waals surface area contributed by atoms with E-state index in [0.717, 1.165) is 0 Å². The fourth-order valence-corrected chi connectivity index (χ4v) is 2.63. The topological polar surface area (TPSA) is 35.2 Å². The predicted octanol–water partition coefficient (Wildman–Crippen LogP) is 4.84. The summed E-state index contributed by atoms with van der Waals surface area (Å²) < 4.78 is 18.6. The molecule has 0 amide bonds. The van der Waals surface area contributed by atoms with Gasteiger partial charge in [0.25, 0.3) is 0 Å². The normalized spacial score (nSPS) is 12.3. The summed E-state index contributed by atoms with van der Waals surface area (Å²) in [5.41, 5.74) is 7.10. The lowest BCUT2D eigenvalue weighted by Crippen LogP contribution is -2.13. The van der Waals surface area contributed by atoms with Crippen LogP contribution in [0, 0.1) is 5.82 Å². The van der Waals surface area contributed by atoms with E-state index in [1.165, 1.54) is 19.2 Å². The molecule has 0 aliphatic heterocycles. The standard InChI is InChI=1S/C14H11Cl3FNO/c1-20-12-6-9(15)8(5-10(12)16)14(19)7-3-2-4-11(18)13(7)17/h2-6,14H,19H2,1H3. The lowest BCUT2D eigenvalue weighted by atomic mass is 9.99. The van der Waals surface area contributed by atoms with E-state index in [9.17, 15) is 4.39 Å². The third kappa shape index (κ3) is 2.86. The van der Waals surface area contributed by atoms with Crippen LogP contribution in [0.1, 0.15) is 17.2 Å². The van der Waals surface area contributed by atoms with E-state index in [-0.39, 0.29) is 5.02 Å². The van der Waals surface area contributed by atoms with E-state index in [0.29, 0.717) is 26.9 Å². The number of ether oxygens (including phenoxy) is 1. The number of benzene rings is 2. The Bertz CT molecular complexity index is 649. The quantitative estimate of drug-likeness (QED) is 0.871. The number of hydrogen-bond donors (Lipinski definition) is 1. The summed E-state index contributed by atoms with van der Waals surface area (Å²) in [6.07, 6.45) is 0.